The second-order valence-corrected chi connectivity index (χ2v) is 15.6. The van der Waals surface area contributed by atoms with Gasteiger partial charge < -0.3 is 43.8 Å². The molecule has 0 saturated heterocycles. The van der Waals surface area contributed by atoms with Gasteiger partial charge in [0, 0.05) is 55.4 Å². The molecule has 2 aliphatic carbocycles. The molecule has 0 spiro atoms. The Bertz CT molecular complexity index is 2090. The second-order valence-electron chi connectivity index (χ2n) is 15.6. The number of ether oxygens (including phenoxy) is 5. The lowest BCUT2D eigenvalue weighted by Gasteiger charge is -2.59. The van der Waals surface area contributed by atoms with Gasteiger partial charge in [-0.1, -0.05) is 42.3 Å². The van der Waals surface area contributed by atoms with Crippen LogP contribution in [0.2, 0.25) is 0 Å². The van der Waals surface area contributed by atoms with Gasteiger partial charge in [-0.15, -0.1) is 6.58 Å². The lowest BCUT2D eigenvalue weighted by molar-refractivity contribution is -0.384. The fourth-order valence-corrected chi connectivity index (χ4v) is 9.14. The van der Waals surface area contributed by atoms with Crippen LogP contribution in [-0.2, 0) is 14.3 Å². The third-order valence-corrected chi connectivity index (χ3v) is 11.8. The molecule has 16 heteroatoms. The third-order valence-electron chi connectivity index (χ3n) is 11.8. The molecule has 0 bridgehead atoms. The molecule has 0 aromatic heterocycles. The summed E-state index contributed by atoms with van der Waals surface area (Å²) in [5.41, 5.74) is 2.52. The number of carbonyl (C=O) groups excluding carboxylic acids is 2. The molecule has 16 nitrogen and oxygen atoms in total. The van der Waals surface area contributed by atoms with Gasteiger partial charge in [0.25, 0.3) is 5.69 Å². The summed E-state index contributed by atoms with van der Waals surface area (Å²) in [5.74, 6) is -1.13. The molecule has 6 rings (SSSR count). The van der Waals surface area contributed by atoms with Gasteiger partial charge in [-0.05, 0) is 92.5 Å². The monoisotopic (exact) mass is 871 g/mol. The number of rotatable bonds is 24. The topological polar surface area (TPSA) is 209 Å². The SMILES string of the molecule is C=CCOC12Oc3ccc(Oc4cccc(C=O)c4)cc3C3C(CCCCO)C(CCCCO)C=C(C(=NOCC)CC1N(CCOCCO)C(=O)Oc1ccc([N+](=O)[O-])cc1)C32. The maximum absolute atomic E-state index is 14.7. The predicted molar refractivity (Wildman–Crippen MR) is 232 cm³/mol. The van der Waals surface area contributed by atoms with Crippen LogP contribution in [0.5, 0.6) is 23.0 Å². The molecule has 1 saturated carbocycles. The first-order valence-corrected chi connectivity index (χ1v) is 21.6. The van der Waals surface area contributed by atoms with E-state index in [2.05, 4.69) is 12.7 Å². The molecule has 3 aromatic carbocycles. The van der Waals surface area contributed by atoms with Gasteiger partial charge in [-0.2, -0.15) is 0 Å². The number of hydrogen-bond donors (Lipinski definition) is 3. The smallest absolute Gasteiger partial charge is 0.415 e. The maximum Gasteiger partial charge on any atom is 0.415 e. The van der Waals surface area contributed by atoms with E-state index in [9.17, 15) is 35.0 Å². The van der Waals surface area contributed by atoms with Crippen molar-refractivity contribution in [3.8, 4) is 23.0 Å². The number of allylic oxidation sites excluding steroid dienone is 1. The summed E-state index contributed by atoms with van der Waals surface area (Å²) >= 11 is 0. The van der Waals surface area contributed by atoms with Crippen LogP contribution < -0.4 is 14.2 Å². The molecule has 63 heavy (non-hydrogen) atoms. The van der Waals surface area contributed by atoms with Crippen LogP contribution >= 0.6 is 0 Å². The quantitative estimate of drug-likeness (QED) is 0.0265. The minimum atomic E-state index is -1.61. The fourth-order valence-electron chi connectivity index (χ4n) is 9.14. The van der Waals surface area contributed by atoms with E-state index in [1.165, 1.54) is 29.2 Å². The van der Waals surface area contributed by atoms with Crippen molar-refractivity contribution in [2.75, 3.05) is 52.8 Å². The maximum atomic E-state index is 14.7. The van der Waals surface area contributed by atoms with E-state index in [4.69, 9.17) is 33.7 Å². The molecule has 6 unspecified atom stereocenters. The van der Waals surface area contributed by atoms with Gasteiger partial charge in [0.1, 0.15) is 41.9 Å². The van der Waals surface area contributed by atoms with E-state index in [0.717, 1.165) is 30.3 Å². The molecular weight excluding hydrogens is 815 g/mol. The van der Waals surface area contributed by atoms with Crippen LogP contribution in [0.3, 0.4) is 0 Å². The van der Waals surface area contributed by atoms with E-state index in [1.54, 1.807) is 36.4 Å². The fraction of sp³-hybridized carbons (Fsp3) is 0.468. The van der Waals surface area contributed by atoms with Crippen molar-refractivity contribution >= 4 is 23.8 Å². The zero-order valence-corrected chi connectivity index (χ0v) is 35.5. The summed E-state index contributed by atoms with van der Waals surface area (Å²) in [7, 11) is 0. The number of aliphatic hydroxyl groups excluding tert-OH is 3. The minimum Gasteiger partial charge on any atom is -0.459 e. The Morgan fingerprint density at radius 2 is 1.73 bits per heavy atom. The van der Waals surface area contributed by atoms with E-state index >= 15 is 0 Å². The van der Waals surface area contributed by atoms with Crippen molar-refractivity contribution in [3.05, 3.63) is 112 Å². The molecule has 3 aromatic rings. The number of non-ortho nitro benzene ring substituents is 1. The Morgan fingerprint density at radius 3 is 2.43 bits per heavy atom. The summed E-state index contributed by atoms with van der Waals surface area (Å²) in [5, 5.41) is 45.5. The molecule has 1 heterocycles. The van der Waals surface area contributed by atoms with Gasteiger partial charge >= 0.3 is 6.09 Å². The number of hydrogen-bond acceptors (Lipinski definition) is 14. The second kappa shape index (κ2) is 22.6. The van der Waals surface area contributed by atoms with Crippen LogP contribution in [0.25, 0.3) is 0 Å². The number of benzene rings is 3. The summed E-state index contributed by atoms with van der Waals surface area (Å²) in [6, 6.07) is 16.6. The highest BCUT2D eigenvalue weighted by atomic mass is 16.7. The Hall–Kier alpha value is -5.65. The highest BCUT2D eigenvalue weighted by Crippen LogP contribution is 2.62. The largest absolute Gasteiger partial charge is 0.459 e. The summed E-state index contributed by atoms with van der Waals surface area (Å²) in [6.45, 7) is 5.90. The number of unbranched alkanes of at least 4 members (excludes halogenated alkanes) is 2. The molecule has 1 fully saturated rings. The number of nitro benzene ring substituents is 1. The number of amides is 1. The van der Waals surface area contributed by atoms with Gasteiger partial charge in [0.15, 0.2) is 0 Å². The highest BCUT2D eigenvalue weighted by molar-refractivity contribution is 6.03. The van der Waals surface area contributed by atoms with Crippen molar-refractivity contribution in [1.29, 1.82) is 0 Å². The molecular formula is C47H57N3O13. The molecule has 3 aliphatic rings. The first-order valence-electron chi connectivity index (χ1n) is 21.6. The van der Waals surface area contributed by atoms with E-state index in [0.29, 0.717) is 54.2 Å². The van der Waals surface area contributed by atoms with Crippen molar-refractivity contribution in [1.82, 2.24) is 4.90 Å². The van der Waals surface area contributed by atoms with E-state index < -0.39 is 28.8 Å². The zero-order chi connectivity index (χ0) is 44.8. The molecule has 338 valence electrons. The summed E-state index contributed by atoms with van der Waals surface area (Å²) in [4.78, 5) is 44.4. The van der Waals surface area contributed by atoms with Crippen LogP contribution in [0.15, 0.2) is 96.2 Å². The lowest BCUT2D eigenvalue weighted by atomic mass is 9.55. The Morgan fingerprint density at radius 1 is 0.984 bits per heavy atom. The highest BCUT2D eigenvalue weighted by Gasteiger charge is 2.65. The van der Waals surface area contributed by atoms with Crippen LogP contribution in [-0.4, -0.2) is 108 Å². The Labute approximate surface area is 366 Å². The third kappa shape index (κ3) is 10.9. The predicted octanol–water partition coefficient (Wildman–Crippen LogP) is 7.36. The number of aldehydes is 1. The number of nitro groups is 1. The Kier molecular flexibility index (Phi) is 16.8. The molecule has 1 aliphatic heterocycles. The number of aliphatic hydroxyl groups is 3. The first-order chi connectivity index (χ1) is 30.7. The molecule has 6 atom stereocenters. The standard InChI is InChI=1S/C47H57N3O13/c1-3-24-59-47-43(49(20-25-58-26-23-53)46(55)62-35-16-14-34(15-17-35)50(56)57)30-41(48-60-4-2)39-28-33(11-5-7-21-51)38(13-6-8-22-52)44(45(39)47)40-29-37(18-19-42(40)63-47)61-36-12-9-10-32(27-36)31-54/h3,9-10,12,14-19,27-29,31,33,38,43-45,51-53H,1,4-8,11,13,20-26,30H2,2H3. The molecule has 1 amide bonds. The van der Waals surface area contributed by atoms with Gasteiger partial charge in [0.2, 0.25) is 5.79 Å². The first kappa shape index (κ1) is 46.8. The van der Waals surface area contributed by atoms with E-state index in [-0.39, 0.29) is 88.4 Å². The summed E-state index contributed by atoms with van der Waals surface area (Å²) < 4.78 is 32.3. The average molecular weight is 872 g/mol. The minimum absolute atomic E-state index is 0.00199. The van der Waals surface area contributed by atoms with Crippen LogP contribution in [0.1, 0.15) is 73.7 Å². The normalized spacial score (nSPS) is 22.8. The van der Waals surface area contributed by atoms with Crippen molar-refractivity contribution in [2.45, 2.75) is 69.6 Å². The number of fused-ring (bicyclic) bond motifs is 2. The van der Waals surface area contributed by atoms with Crippen molar-refractivity contribution < 1.29 is 58.4 Å². The number of oxime groups is 1. The lowest BCUT2D eigenvalue weighted by Crippen LogP contribution is -2.70. The van der Waals surface area contributed by atoms with Crippen LogP contribution in [0.4, 0.5) is 10.5 Å². The number of nitrogens with zero attached hydrogens (tertiary/aromatic N) is 3. The summed E-state index contributed by atoms with van der Waals surface area (Å²) in [6.07, 6.45) is 8.01. The van der Waals surface area contributed by atoms with Crippen molar-refractivity contribution in [2.24, 2.45) is 22.9 Å². The number of carbonyl (C=O) groups is 2. The van der Waals surface area contributed by atoms with E-state index in [1.807, 2.05) is 19.1 Å². The molecule has 3 N–H and O–H groups in total. The van der Waals surface area contributed by atoms with Gasteiger partial charge in [-0.25, -0.2) is 4.79 Å². The Balaban J connectivity index is 1.56. The average Bonchev–Trinajstić information content (AvgIpc) is 3.29. The van der Waals surface area contributed by atoms with Gasteiger partial charge in [-0.3, -0.25) is 19.8 Å². The van der Waals surface area contributed by atoms with Crippen LogP contribution in [0, 0.1) is 27.9 Å². The zero-order valence-electron chi connectivity index (χ0n) is 35.5. The van der Waals surface area contributed by atoms with Gasteiger partial charge in [0.05, 0.1) is 43.0 Å². The van der Waals surface area contributed by atoms with Crippen molar-refractivity contribution in [3.63, 3.8) is 0 Å². The molecule has 0 radical (unpaired) electrons.